The Kier molecular flexibility index (Phi) is 11.6. The van der Waals surface area contributed by atoms with Gasteiger partial charge in [-0.25, -0.2) is 24.1 Å². The van der Waals surface area contributed by atoms with Gasteiger partial charge in [0.2, 0.25) is 0 Å². The van der Waals surface area contributed by atoms with E-state index in [0.29, 0.717) is 22.9 Å². The van der Waals surface area contributed by atoms with E-state index >= 15 is 0 Å². The Labute approximate surface area is 296 Å². The van der Waals surface area contributed by atoms with Crippen molar-refractivity contribution >= 4 is 33.6 Å². The number of fused-ring (bicyclic) bond motifs is 2. The number of benzene rings is 1. The highest BCUT2D eigenvalue weighted by atomic mass is 32.1. The molecule has 4 N–H and O–H groups in total. The number of carboxylic acids is 1. The molecule has 51 heavy (non-hydrogen) atoms. The monoisotopic (exact) mass is 731 g/mol. The van der Waals surface area contributed by atoms with E-state index in [0.717, 1.165) is 79.4 Å². The summed E-state index contributed by atoms with van der Waals surface area (Å²) in [7, 11) is 0. The van der Waals surface area contributed by atoms with Gasteiger partial charge in [0.25, 0.3) is 5.91 Å². The van der Waals surface area contributed by atoms with Crippen molar-refractivity contribution in [2.75, 3.05) is 19.6 Å². The Balaban J connectivity index is 0.000000654. The van der Waals surface area contributed by atoms with Gasteiger partial charge in [-0.2, -0.15) is 13.2 Å². The molecule has 0 radical (unpaired) electrons. The van der Waals surface area contributed by atoms with Crippen molar-refractivity contribution in [3.63, 3.8) is 0 Å². The van der Waals surface area contributed by atoms with E-state index in [2.05, 4.69) is 42.0 Å². The number of aromatic nitrogens is 3. The van der Waals surface area contributed by atoms with Crippen LogP contribution in [0, 0.1) is 17.2 Å². The van der Waals surface area contributed by atoms with Crippen molar-refractivity contribution in [2.24, 2.45) is 11.3 Å². The van der Waals surface area contributed by atoms with E-state index < -0.39 is 18.0 Å². The summed E-state index contributed by atoms with van der Waals surface area (Å²) in [5.41, 5.74) is 4.99. The van der Waals surface area contributed by atoms with Crippen molar-refractivity contribution in [1.29, 1.82) is 0 Å². The van der Waals surface area contributed by atoms with Crippen molar-refractivity contribution in [1.82, 2.24) is 25.2 Å². The maximum atomic E-state index is 14.5. The summed E-state index contributed by atoms with van der Waals surface area (Å²) in [4.78, 5) is 39.3. The zero-order valence-corrected chi connectivity index (χ0v) is 29.3. The molecular formula is C36H41F4N5O5S. The molecule has 1 aromatic carbocycles. The van der Waals surface area contributed by atoms with Crippen LogP contribution in [0.25, 0.3) is 21.6 Å². The van der Waals surface area contributed by atoms with Crippen LogP contribution in [-0.2, 0) is 17.6 Å². The normalized spacial score (nSPS) is 17.7. The molecule has 2 atom stereocenters. The number of pyridine rings is 2. The number of aryl methyl sites for hydroxylation is 1. The number of carbonyl (C=O) groups is 2. The molecule has 1 aliphatic heterocycles. The number of aromatic hydroxyl groups is 1. The van der Waals surface area contributed by atoms with Crippen LogP contribution in [-0.4, -0.2) is 79.0 Å². The molecule has 1 amide bonds. The minimum Gasteiger partial charge on any atom is -0.506 e. The van der Waals surface area contributed by atoms with Crippen molar-refractivity contribution in [3.8, 4) is 17.0 Å². The standard InChI is InChI=1S/C34H40FN5O3S.C2HF3O2/c1-34(2,3)23-8-9-27-22(16-23)17-29-32(38-27)44-33(39-29)31(43)37-28(12-15-40-13-10-24(41)11-14-40)20-4-6-21(7-5-20)30-26(35)18-25(42)19-36-30;3-2(4,5)1(6)7/h4-7,17-19,23-24,28,41-42H,8-16H2,1-3H3,(H,37,43);(H,6,7)/t23-,28+;/m0./s1. The van der Waals surface area contributed by atoms with Crippen LogP contribution in [0.2, 0.25) is 0 Å². The summed E-state index contributed by atoms with van der Waals surface area (Å²) in [6.07, 6.45) is 1.09. The van der Waals surface area contributed by atoms with Gasteiger partial charge in [-0.15, -0.1) is 0 Å². The second-order valence-electron chi connectivity index (χ2n) is 14.1. The number of aliphatic carboxylic acids is 1. The molecule has 0 unspecified atom stereocenters. The number of aliphatic hydroxyl groups is 1. The quantitative estimate of drug-likeness (QED) is 0.152. The number of carboxylic acid groups (broad SMARTS) is 1. The van der Waals surface area contributed by atoms with Gasteiger partial charge in [0, 0.05) is 37.0 Å². The number of thiazole rings is 1. The Hall–Kier alpha value is -4.21. The molecule has 15 heteroatoms. The fourth-order valence-corrected chi connectivity index (χ4v) is 7.20. The van der Waals surface area contributed by atoms with Crippen LogP contribution >= 0.6 is 11.3 Å². The number of hydrogen-bond donors (Lipinski definition) is 4. The summed E-state index contributed by atoms with van der Waals surface area (Å²) in [5, 5.41) is 30.2. The molecule has 3 aromatic heterocycles. The topological polar surface area (TPSA) is 149 Å². The Bertz CT molecular complexity index is 1850. The van der Waals surface area contributed by atoms with Crippen LogP contribution < -0.4 is 5.32 Å². The van der Waals surface area contributed by atoms with Gasteiger partial charge in [0.1, 0.15) is 21.8 Å². The molecule has 10 nitrogen and oxygen atoms in total. The molecule has 4 aromatic rings. The molecule has 274 valence electrons. The van der Waals surface area contributed by atoms with Crippen LogP contribution in [0.5, 0.6) is 5.75 Å². The summed E-state index contributed by atoms with van der Waals surface area (Å²) >= 11 is 1.33. The second kappa shape index (κ2) is 15.6. The predicted octanol–water partition coefficient (Wildman–Crippen LogP) is 6.70. The third-order valence-corrected chi connectivity index (χ3v) is 10.4. The highest BCUT2D eigenvalue weighted by Gasteiger charge is 2.38. The van der Waals surface area contributed by atoms with E-state index in [1.165, 1.54) is 23.1 Å². The smallest absolute Gasteiger partial charge is 0.490 e. The molecule has 1 fully saturated rings. The first-order chi connectivity index (χ1) is 24.0. The number of rotatable bonds is 7. The van der Waals surface area contributed by atoms with E-state index in [-0.39, 0.29) is 34.9 Å². The van der Waals surface area contributed by atoms with E-state index in [1.54, 1.807) is 12.1 Å². The highest BCUT2D eigenvalue weighted by molar-refractivity contribution is 7.19. The summed E-state index contributed by atoms with van der Waals surface area (Å²) in [6.45, 7) is 9.27. The first kappa shape index (κ1) is 38.0. The first-order valence-electron chi connectivity index (χ1n) is 16.7. The molecule has 2 aliphatic rings. The zero-order valence-electron chi connectivity index (χ0n) is 28.5. The SMILES string of the molecule is CC(C)(C)[C@H]1CCc2nc3sc(C(=O)N[C@H](CCN4CCC(O)CC4)c4ccc(-c5ncc(O)cc5F)cc4)nc3cc2C1.O=C(O)C(F)(F)F. The second-order valence-corrected chi connectivity index (χ2v) is 15.1. The third kappa shape index (κ3) is 9.77. The Morgan fingerprint density at radius 2 is 1.73 bits per heavy atom. The maximum Gasteiger partial charge on any atom is 0.490 e. The molecule has 0 bridgehead atoms. The highest BCUT2D eigenvalue weighted by Crippen LogP contribution is 2.38. The average molecular weight is 732 g/mol. The molecule has 0 saturated carbocycles. The number of alkyl halides is 3. The fourth-order valence-electron chi connectivity index (χ4n) is 6.36. The van der Waals surface area contributed by atoms with E-state index in [9.17, 15) is 32.6 Å². The summed E-state index contributed by atoms with van der Waals surface area (Å²) in [5.74, 6) is -3.24. The molecule has 1 saturated heterocycles. The number of nitrogens with zero attached hydrogens (tertiary/aromatic N) is 4. The maximum absolute atomic E-state index is 14.5. The third-order valence-electron chi connectivity index (χ3n) is 9.42. The lowest BCUT2D eigenvalue weighted by Gasteiger charge is -2.34. The van der Waals surface area contributed by atoms with Crippen LogP contribution in [0.3, 0.4) is 0 Å². The van der Waals surface area contributed by atoms with Crippen LogP contribution in [0.15, 0.2) is 42.6 Å². The number of hydrogen-bond acceptors (Lipinski definition) is 9. The van der Waals surface area contributed by atoms with Crippen molar-refractivity contribution in [2.45, 2.75) is 77.6 Å². The minimum atomic E-state index is -5.08. The van der Waals surface area contributed by atoms with Gasteiger partial charge in [-0.05, 0) is 67.1 Å². The number of halogens is 4. The number of piperidine rings is 1. The number of nitrogens with one attached hydrogen (secondary N) is 1. The number of likely N-dealkylation sites (tertiary alicyclic amines) is 1. The van der Waals surface area contributed by atoms with Gasteiger partial charge in [0.05, 0.1) is 18.3 Å². The first-order valence-corrected chi connectivity index (χ1v) is 17.5. The molecule has 1 aliphatic carbocycles. The van der Waals surface area contributed by atoms with Crippen molar-refractivity contribution < 1.29 is 42.5 Å². The van der Waals surface area contributed by atoms with Gasteiger partial charge in [-0.1, -0.05) is 56.4 Å². The Morgan fingerprint density at radius 3 is 2.33 bits per heavy atom. The summed E-state index contributed by atoms with van der Waals surface area (Å²) < 4.78 is 46.2. The van der Waals surface area contributed by atoms with E-state index in [4.69, 9.17) is 19.9 Å². The Morgan fingerprint density at radius 1 is 1.06 bits per heavy atom. The molecular weight excluding hydrogens is 690 g/mol. The lowest BCUT2D eigenvalue weighted by atomic mass is 9.71. The lowest BCUT2D eigenvalue weighted by molar-refractivity contribution is -0.192. The lowest BCUT2D eigenvalue weighted by Crippen LogP contribution is -2.38. The summed E-state index contributed by atoms with van der Waals surface area (Å²) in [6, 6.07) is 10.2. The van der Waals surface area contributed by atoms with Gasteiger partial charge in [-0.3, -0.25) is 4.79 Å². The van der Waals surface area contributed by atoms with Crippen molar-refractivity contribution in [3.05, 3.63) is 70.2 Å². The number of amides is 1. The molecule has 0 spiro atoms. The van der Waals surface area contributed by atoms with Gasteiger partial charge >= 0.3 is 12.1 Å². The zero-order chi connectivity index (χ0) is 37.1. The number of carbonyl (C=O) groups excluding carboxylic acids is 1. The van der Waals surface area contributed by atoms with Gasteiger partial charge in [0.15, 0.2) is 10.8 Å². The molecule has 4 heterocycles. The number of aliphatic hydroxyl groups excluding tert-OH is 1. The van der Waals surface area contributed by atoms with Gasteiger partial charge < -0.3 is 25.5 Å². The predicted molar refractivity (Wildman–Crippen MR) is 184 cm³/mol. The average Bonchev–Trinajstić information content (AvgIpc) is 3.49. The largest absolute Gasteiger partial charge is 0.506 e. The van der Waals surface area contributed by atoms with Crippen LogP contribution in [0.1, 0.15) is 79.1 Å². The van der Waals surface area contributed by atoms with E-state index in [1.807, 2.05) is 12.1 Å². The minimum absolute atomic E-state index is 0.153. The van der Waals surface area contributed by atoms with Crippen LogP contribution in [0.4, 0.5) is 17.6 Å². The fraction of sp³-hybridized carbons (Fsp3) is 0.472. The molecule has 6 rings (SSSR count).